The van der Waals surface area contributed by atoms with Crippen molar-refractivity contribution in [1.82, 2.24) is 4.98 Å². The van der Waals surface area contributed by atoms with Gasteiger partial charge < -0.3 is 4.90 Å². The summed E-state index contributed by atoms with van der Waals surface area (Å²) < 4.78 is 13.4. The Kier molecular flexibility index (Phi) is 2.23. The minimum absolute atomic E-state index is 0.205. The standard InChI is InChI=1S/C13H13FN2S/c1-7-13-12(15-8(2)17-13)10-6-9(14)4-5-11(10)16(7)3/h4-7H,1-3H3. The SMILES string of the molecule is Cc1nc2c(s1)C(C)N(C)c1ccc(F)cc1-2. The van der Waals surface area contributed by atoms with Crippen molar-refractivity contribution in [1.29, 1.82) is 0 Å². The van der Waals surface area contributed by atoms with Crippen LogP contribution in [-0.2, 0) is 0 Å². The van der Waals surface area contributed by atoms with Gasteiger partial charge in [-0.15, -0.1) is 11.3 Å². The van der Waals surface area contributed by atoms with Gasteiger partial charge in [-0.1, -0.05) is 0 Å². The van der Waals surface area contributed by atoms with Crippen LogP contribution in [0.1, 0.15) is 22.9 Å². The van der Waals surface area contributed by atoms with Gasteiger partial charge in [0.15, 0.2) is 0 Å². The van der Waals surface area contributed by atoms with Gasteiger partial charge in [0.25, 0.3) is 0 Å². The van der Waals surface area contributed by atoms with Crippen LogP contribution in [0.15, 0.2) is 18.2 Å². The van der Waals surface area contributed by atoms with Crippen LogP contribution in [0, 0.1) is 12.7 Å². The predicted octanol–water partition coefficient (Wildman–Crippen LogP) is 3.77. The van der Waals surface area contributed by atoms with E-state index in [1.165, 1.54) is 10.9 Å². The molecule has 1 aromatic heterocycles. The van der Waals surface area contributed by atoms with Crippen LogP contribution in [0.4, 0.5) is 10.1 Å². The van der Waals surface area contributed by atoms with Gasteiger partial charge in [0.2, 0.25) is 0 Å². The van der Waals surface area contributed by atoms with Gasteiger partial charge in [-0.25, -0.2) is 9.37 Å². The Morgan fingerprint density at radius 2 is 2.18 bits per heavy atom. The van der Waals surface area contributed by atoms with E-state index in [4.69, 9.17) is 0 Å². The highest BCUT2D eigenvalue weighted by Crippen LogP contribution is 2.45. The van der Waals surface area contributed by atoms with Crippen LogP contribution in [0.5, 0.6) is 0 Å². The fourth-order valence-corrected chi connectivity index (χ4v) is 3.35. The van der Waals surface area contributed by atoms with Gasteiger partial charge in [-0.05, 0) is 32.0 Å². The quantitative estimate of drug-likeness (QED) is 0.705. The number of aromatic nitrogens is 1. The topological polar surface area (TPSA) is 16.1 Å². The molecule has 1 unspecified atom stereocenters. The molecule has 0 radical (unpaired) electrons. The van der Waals surface area contributed by atoms with Gasteiger partial charge in [0.05, 0.1) is 21.6 Å². The number of halogens is 1. The monoisotopic (exact) mass is 248 g/mol. The lowest BCUT2D eigenvalue weighted by Crippen LogP contribution is -2.25. The van der Waals surface area contributed by atoms with E-state index in [1.54, 1.807) is 17.4 Å². The average Bonchev–Trinajstić information content (AvgIpc) is 2.68. The van der Waals surface area contributed by atoms with E-state index in [0.29, 0.717) is 6.04 Å². The zero-order valence-corrected chi connectivity index (χ0v) is 10.8. The third kappa shape index (κ3) is 1.47. The van der Waals surface area contributed by atoms with Crippen molar-refractivity contribution in [3.8, 4) is 11.3 Å². The van der Waals surface area contributed by atoms with Crippen molar-refractivity contribution < 1.29 is 4.39 Å². The minimum atomic E-state index is -0.205. The van der Waals surface area contributed by atoms with Gasteiger partial charge >= 0.3 is 0 Å². The molecule has 0 saturated heterocycles. The minimum Gasteiger partial charge on any atom is -0.366 e. The Hall–Kier alpha value is -1.42. The van der Waals surface area contributed by atoms with Crippen LogP contribution < -0.4 is 4.90 Å². The molecule has 1 aliphatic rings. The second-order valence-corrected chi connectivity index (χ2v) is 5.63. The number of benzene rings is 1. The van der Waals surface area contributed by atoms with Gasteiger partial charge in [-0.2, -0.15) is 0 Å². The summed E-state index contributed by atoms with van der Waals surface area (Å²) in [5.74, 6) is -0.205. The summed E-state index contributed by atoms with van der Waals surface area (Å²) in [4.78, 5) is 7.94. The van der Waals surface area contributed by atoms with Crippen LogP contribution in [0.25, 0.3) is 11.3 Å². The molecule has 1 aromatic carbocycles. The molecule has 0 spiro atoms. The maximum Gasteiger partial charge on any atom is 0.124 e. The van der Waals surface area contributed by atoms with Crippen LogP contribution in [0.3, 0.4) is 0 Å². The van der Waals surface area contributed by atoms with E-state index < -0.39 is 0 Å². The summed E-state index contributed by atoms with van der Waals surface area (Å²) in [6.07, 6.45) is 0. The zero-order chi connectivity index (χ0) is 12.2. The Labute approximate surface area is 104 Å². The molecule has 88 valence electrons. The number of fused-ring (bicyclic) bond motifs is 3. The third-order valence-electron chi connectivity index (χ3n) is 3.31. The lowest BCUT2D eigenvalue weighted by molar-refractivity contribution is 0.626. The summed E-state index contributed by atoms with van der Waals surface area (Å²) in [6, 6.07) is 5.22. The molecule has 0 N–H and O–H groups in total. The lowest BCUT2D eigenvalue weighted by atomic mass is 9.99. The number of hydrogen-bond acceptors (Lipinski definition) is 3. The summed E-state index contributed by atoms with van der Waals surface area (Å²) in [5.41, 5.74) is 2.91. The molecule has 1 aliphatic heterocycles. The van der Waals surface area contributed by atoms with E-state index in [1.807, 2.05) is 20.0 Å². The molecule has 1 atom stereocenters. The number of rotatable bonds is 0. The number of nitrogens with zero attached hydrogens (tertiary/aromatic N) is 2. The molecular formula is C13H13FN2S. The van der Waals surface area contributed by atoms with Gasteiger partial charge in [0, 0.05) is 18.3 Å². The Balaban J connectivity index is 2.32. The number of thiazole rings is 1. The van der Waals surface area contributed by atoms with Crippen molar-refractivity contribution >= 4 is 17.0 Å². The highest BCUT2D eigenvalue weighted by Gasteiger charge is 2.29. The maximum absolute atomic E-state index is 13.4. The molecule has 17 heavy (non-hydrogen) atoms. The summed E-state index contributed by atoms with van der Waals surface area (Å²) in [5, 5.41) is 1.03. The smallest absolute Gasteiger partial charge is 0.124 e. The van der Waals surface area contributed by atoms with E-state index in [9.17, 15) is 4.39 Å². The average molecular weight is 248 g/mol. The molecule has 2 heterocycles. The van der Waals surface area contributed by atoms with Gasteiger partial charge in [-0.3, -0.25) is 0 Å². The highest BCUT2D eigenvalue weighted by molar-refractivity contribution is 7.12. The summed E-state index contributed by atoms with van der Waals surface area (Å²) in [7, 11) is 2.04. The first kappa shape index (κ1) is 10.7. The Bertz CT molecular complexity index is 591. The molecule has 4 heteroatoms. The van der Waals surface area contributed by atoms with E-state index in [2.05, 4.69) is 16.8 Å². The summed E-state index contributed by atoms with van der Waals surface area (Å²) >= 11 is 1.70. The first-order chi connectivity index (χ1) is 8.08. The molecule has 2 nitrogen and oxygen atoms in total. The van der Waals surface area contributed by atoms with Crippen molar-refractivity contribution in [2.75, 3.05) is 11.9 Å². The fourth-order valence-electron chi connectivity index (χ4n) is 2.31. The van der Waals surface area contributed by atoms with Crippen LogP contribution in [0.2, 0.25) is 0 Å². The first-order valence-electron chi connectivity index (χ1n) is 5.58. The molecular weight excluding hydrogens is 235 g/mol. The number of hydrogen-bond donors (Lipinski definition) is 0. The molecule has 3 rings (SSSR count). The fraction of sp³-hybridized carbons (Fsp3) is 0.308. The highest BCUT2D eigenvalue weighted by atomic mass is 32.1. The summed E-state index contributed by atoms with van der Waals surface area (Å²) in [6.45, 7) is 4.15. The first-order valence-corrected chi connectivity index (χ1v) is 6.39. The van der Waals surface area contributed by atoms with Crippen molar-refractivity contribution in [2.24, 2.45) is 0 Å². The normalized spacial score (nSPS) is 17.9. The molecule has 0 bridgehead atoms. The van der Waals surface area contributed by atoms with Crippen LogP contribution >= 0.6 is 11.3 Å². The molecule has 0 saturated carbocycles. The number of aryl methyl sites for hydroxylation is 1. The molecule has 0 amide bonds. The molecule has 0 aliphatic carbocycles. The second kappa shape index (κ2) is 3.53. The Morgan fingerprint density at radius 3 is 2.94 bits per heavy atom. The number of anilines is 1. The van der Waals surface area contributed by atoms with Crippen molar-refractivity contribution in [3.05, 3.63) is 33.9 Å². The third-order valence-corrected chi connectivity index (χ3v) is 4.46. The van der Waals surface area contributed by atoms with Crippen molar-refractivity contribution in [3.63, 3.8) is 0 Å². The lowest BCUT2D eigenvalue weighted by Gasteiger charge is -2.32. The largest absolute Gasteiger partial charge is 0.366 e. The van der Waals surface area contributed by atoms with Crippen LogP contribution in [-0.4, -0.2) is 12.0 Å². The zero-order valence-electron chi connectivity index (χ0n) is 9.99. The van der Waals surface area contributed by atoms with Crippen molar-refractivity contribution in [2.45, 2.75) is 19.9 Å². The predicted molar refractivity (Wildman–Crippen MR) is 69.1 cm³/mol. The van der Waals surface area contributed by atoms with E-state index in [0.717, 1.165) is 22.0 Å². The Morgan fingerprint density at radius 1 is 1.41 bits per heavy atom. The molecule has 2 aromatic rings. The van der Waals surface area contributed by atoms with Gasteiger partial charge in [0.1, 0.15) is 5.82 Å². The molecule has 0 fully saturated rings. The maximum atomic E-state index is 13.4. The second-order valence-electron chi connectivity index (χ2n) is 4.39. The van der Waals surface area contributed by atoms with E-state index >= 15 is 0 Å². The van der Waals surface area contributed by atoms with E-state index in [-0.39, 0.29) is 5.82 Å².